The molecular weight excluding hydrogens is 294 g/mol. The van der Waals surface area contributed by atoms with Gasteiger partial charge in [0, 0.05) is 5.69 Å². The third kappa shape index (κ3) is 3.95. The van der Waals surface area contributed by atoms with Gasteiger partial charge in [-0.1, -0.05) is 48.0 Å². The molecule has 0 heterocycles. The Balaban J connectivity index is 2.88. The number of carbonyl (C=O) groups is 2. The number of hydrogen-bond acceptors (Lipinski definition) is 2. The standard InChI is InChI=1S/C14H18BrNO2/c1-3-10-6-5-7-11(4-2)14(10)16-13(18)8-12(17)9-15/h5-7H,3-4,8-9H2,1-2H3,(H,16,18). The molecule has 1 N–H and O–H groups in total. The van der Waals surface area contributed by atoms with Crippen LogP contribution in [0.3, 0.4) is 0 Å². The highest BCUT2D eigenvalue weighted by atomic mass is 79.9. The third-order valence-corrected chi connectivity index (χ3v) is 3.40. The first-order valence-corrected chi connectivity index (χ1v) is 7.22. The number of amides is 1. The number of ketones is 1. The molecule has 1 aromatic rings. The molecule has 0 fully saturated rings. The molecule has 0 saturated carbocycles. The Labute approximate surface area is 116 Å². The average molecular weight is 312 g/mol. The fourth-order valence-electron chi connectivity index (χ4n) is 1.81. The third-order valence-electron chi connectivity index (χ3n) is 2.77. The summed E-state index contributed by atoms with van der Waals surface area (Å²) >= 11 is 3.06. The first-order chi connectivity index (χ1) is 8.62. The van der Waals surface area contributed by atoms with Crippen molar-refractivity contribution >= 4 is 33.3 Å². The van der Waals surface area contributed by atoms with Gasteiger partial charge in [-0.15, -0.1) is 0 Å². The monoisotopic (exact) mass is 311 g/mol. The van der Waals surface area contributed by atoms with Gasteiger partial charge in [0.2, 0.25) is 5.91 Å². The van der Waals surface area contributed by atoms with Gasteiger partial charge in [0.05, 0.1) is 11.8 Å². The first kappa shape index (κ1) is 14.9. The topological polar surface area (TPSA) is 46.2 Å². The van der Waals surface area contributed by atoms with E-state index in [-0.39, 0.29) is 23.4 Å². The lowest BCUT2D eigenvalue weighted by Gasteiger charge is -2.14. The second kappa shape index (κ2) is 7.31. The van der Waals surface area contributed by atoms with E-state index in [1.165, 1.54) is 0 Å². The van der Waals surface area contributed by atoms with E-state index < -0.39 is 0 Å². The minimum absolute atomic E-state index is 0.0769. The summed E-state index contributed by atoms with van der Waals surface area (Å²) in [5, 5.41) is 3.08. The van der Waals surface area contributed by atoms with Gasteiger partial charge in [-0.05, 0) is 24.0 Å². The van der Waals surface area contributed by atoms with Gasteiger partial charge in [0.15, 0.2) is 5.78 Å². The van der Waals surface area contributed by atoms with Gasteiger partial charge < -0.3 is 5.32 Å². The summed E-state index contributed by atoms with van der Waals surface area (Å²) in [5.41, 5.74) is 3.08. The molecule has 0 spiro atoms. The van der Waals surface area contributed by atoms with E-state index in [1.54, 1.807) is 0 Å². The molecule has 0 saturated heterocycles. The lowest BCUT2D eigenvalue weighted by Crippen LogP contribution is -2.18. The normalized spacial score (nSPS) is 10.2. The van der Waals surface area contributed by atoms with E-state index in [4.69, 9.17) is 0 Å². The summed E-state index contributed by atoms with van der Waals surface area (Å²) in [6.45, 7) is 4.10. The fourth-order valence-corrected chi connectivity index (χ4v) is 2.01. The Morgan fingerprint density at radius 3 is 2.17 bits per heavy atom. The second-order valence-corrected chi connectivity index (χ2v) is 4.62. The Hall–Kier alpha value is -1.16. The summed E-state index contributed by atoms with van der Waals surface area (Å²) < 4.78 is 0. The highest BCUT2D eigenvalue weighted by Crippen LogP contribution is 2.22. The van der Waals surface area contributed by atoms with Gasteiger partial charge >= 0.3 is 0 Å². The van der Waals surface area contributed by atoms with Crippen LogP contribution in [-0.4, -0.2) is 17.0 Å². The Morgan fingerprint density at radius 1 is 1.17 bits per heavy atom. The van der Waals surface area contributed by atoms with Crippen LogP contribution < -0.4 is 5.32 Å². The molecular formula is C14H18BrNO2. The zero-order chi connectivity index (χ0) is 13.5. The van der Waals surface area contributed by atoms with Gasteiger partial charge in [0.1, 0.15) is 0 Å². The summed E-state index contributed by atoms with van der Waals surface area (Å²) in [7, 11) is 0. The number of para-hydroxylation sites is 1. The van der Waals surface area contributed by atoms with E-state index >= 15 is 0 Å². The van der Waals surface area contributed by atoms with Crippen LogP contribution in [-0.2, 0) is 22.4 Å². The second-order valence-electron chi connectivity index (χ2n) is 4.06. The maximum absolute atomic E-state index is 11.8. The lowest BCUT2D eigenvalue weighted by molar-refractivity contribution is -0.123. The minimum Gasteiger partial charge on any atom is -0.325 e. The predicted octanol–water partition coefficient (Wildman–Crippen LogP) is 3.10. The molecule has 98 valence electrons. The van der Waals surface area contributed by atoms with Crippen molar-refractivity contribution in [3.8, 4) is 0 Å². The van der Waals surface area contributed by atoms with Crippen LogP contribution in [0, 0.1) is 0 Å². The van der Waals surface area contributed by atoms with Crippen LogP contribution in [0.1, 0.15) is 31.4 Å². The van der Waals surface area contributed by atoms with Crippen molar-refractivity contribution in [1.29, 1.82) is 0 Å². The molecule has 3 nitrogen and oxygen atoms in total. The molecule has 0 radical (unpaired) electrons. The van der Waals surface area contributed by atoms with Crippen molar-refractivity contribution in [2.24, 2.45) is 0 Å². The Bertz CT molecular complexity index is 421. The summed E-state index contributed by atoms with van der Waals surface area (Å²) in [6.07, 6.45) is 1.64. The highest BCUT2D eigenvalue weighted by molar-refractivity contribution is 9.09. The molecule has 0 aliphatic heterocycles. The van der Waals surface area contributed by atoms with E-state index in [0.717, 1.165) is 29.7 Å². The van der Waals surface area contributed by atoms with Crippen molar-refractivity contribution in [3.05, 3.63) is 29.3 Å². The van der Waals surface area contributed by atoms with E-state index in [1.807, 2.05) is 32.0 Å². The molecule has 0 unspecified atom stereocenters. The number of Topliss-reactive ketones (excluding diaryl/α,β-unsaturated/α-hetero) is 1. The number of benzene rings is 1. The van der Waals surface area contributed by atoms with Crippen molar-refractivity contribution < 1.29 is 9.59 Å². The molecule has 0 aliphatic carbocycles. The number of anilines is 1. The number of rotatable bonds is 6. The number of carbonyl (C=O) groups excluding carboxylic acids is 2. The molecule has 4 heteroatoms. The fraction of sp³-hybridized carbons (Fsp3) is 0.429. The van der Waals surface area contributed by atoms with E-state index in [0.29, 0.717) is 0 Å². The lowest BCUT2D eigenvalue weighted by atomic mass is 10.0. The number of halogens is 1. The van der Waals surface area contributed by atoms with Crippen molar-refractivity contribution in [2.75, 3.05) is 10.6 Å². The molecule has 1 aromatic carbocycles. The highest BCUT2D eigenvalue weighted by Gasteiger charge is 2.12. The first-order valence-electron chi connectivity index (χ1n) is 6.10. The largest absolute Gasteiger partial charge is 0.325 e. The zero-order valence-corrected chi connectivity index (χ0v) is 12.3. The minimum atomic E-state index is -0.241. The van der Waals surface area contributed by atoms with Gasteiger partial charge in [-0.3, -0.25) is 9.59 Å². The van der Waals surface area contributed by atoms with Gasteiger partial charge in [0.25, 0.3) is 0 Å². The van der Waals surface area contributed by atoms with Crippen LogP contribution in [0.2, 0.25) is 0 Å². The molecule has 1 amide bonds. The molecule has 0 bridgehead atoms. The Morgan fingerprint density at radius 2 is 1.72 bits per heavy atom. The van der Waals surface area contributed by atoms with Crippen molar-refractivity contribution in [2.45, 2.75) is 33.1 Å². The van der Waals surface area contributed by atoms with Crippen molar-refractivity contribution in [1.82, 2.24) is 0 Å². The van der Waals surface area contributed by atoms with Crippen LogP contribution >= 0.6 is 15.9 Å². The molecule has 0 aliphatic rings. The summed E-state index contributed by atoms with van der Waals surface area (Å²) in [6, 6.07) is 6.00. The Kier molecular flexibility index (Phi) is 6.05. The van der Waals surface area contributed by atoms with Crippen LogP contribution in [0.5, 0.6) is 0 Å². The van der Waals surface area contributed by atoms with E-state index in [2.05, 4.69) is 21.2 Å². The smallest absolute Gasteiger partial charge is 0.231 e. The number of aryl methyl sites for hydroxylation is 2. The summed E-state index contributed by atoms with van der Waals surface area (Å²) in [4.78, 5) is 23.0. The quantitative estimate of drug-likeness (QED) is 0.648. The van der Waals surface area contributed by atoms with E-state index in [9.17, 15) is 9.59 Å². The van der Waals surface area contributed by atoms with Gasteiger partial charge in [-0.2, -0.15) is 0 Å². The van der Waals surface area contributed by atoms with Crippen LogP contribution in [0.25, 0.3) is 0 Å². The maximum Gasteiger partial charge on any atom is 0.231 e. The summed E-state index contributed by atoms with van der Waals surface area (Å²) in [5.74, 6) is -0.352. The average Bonchev–Trinajstić information content (AvgIpc) is 2.38. The van der Waals surface area contributed by atoms with Crippen molar-refractivity contribution in [3.63, 3.8) is 0 Å². The molecule has 0 atom stereocenters. The maximum atomic E-state index is 11.8. The molecule has 1 rings (SSSR count). The SMILES string of the molecule is CCc1cccc(CC)c1NC(=O)CC(=O)CBr. The number of hydrogen-bond donors (Lipinski definition) is 1. The molecule has 0 aromatic heterocycles. The zero-order valence-electron chi connectivity index (χ0n) is 10.8. The number of alkyl halides is 1. The van der Waals surface area contributed by atoms with Gasteiger partial charge in [-0.25, -0.2) is 0 Å². The number of nitrogens with one attached hydrogen (secondary N) is 1. The predicted molar refractivity (Wildman–Crippen MR) is 77.2 cm³/mol. The van der Waals surface area contributed by atoms with Crippen LogP contribution in [0.4, 0.5) is 5.69 Å². The van der Waals surface area contributed by atoms with Crippen LogP contribution in [0.15, 0.2) is 18.2 Å². The molecule has 18 heavy (non-hydrogen) atoms.